The molecule has 2 heterocycles. The van der Waals surface area contributed by atoms with Gasteiger partial charge in [-0.3, -0.25) is 4.79 Å². The topological polar surface area (TPSA) is 66.6 Å². The van der Waals surface area contributed by atoms with Gasteiger partial charge in [0.25, 0.3) is 5.91 Å². The first kappa shape index (κ1) is 18.0. The number of nitrogens with zero attached hydrogens (tertiary/aromatic N) is 2. The number of hydrogen-bond donors (Lipinski definition) is 2. The van der Waals surface area contributed by atoms with Crippen molar-refractivity contribution in [2.45, 2.75) is 25.2 Å². The summed E-state index contributed by atoms with van der Waals surface area (Å²) in [4.78, 5) is 17.0. The van der Waals surface area contributed by atoms with Gasteiger partial charge in [0.2, 0.25) is 0 Å². The van der Waals surface area contributed by atoms with Gasteiger partial charge in [0.05, 0.1) is 12.1 Å². The third kappa shape index (κ3) is 3.33. The Morgan fingerprint density at radius 1 is 1.33 bits per heavy atom. The predicted molar refractivity (Wildman–Crippen MR) is 105 cm³/mol. The smallest absolute Gasteiger partial charge is 0.272 e. The Balaban J connectivity index is 1.55. The van der Waals surface area contributed by atoms with Crippen LogP contribution < -0.4 is 5.32 Å². The van der Waals surface area contributed by atoms with Crippen LogP contribution in [-0.2, 0) is 0 Å². The average molecular weight is 384 g/mol. The van der Waals surface area contributed by atoms with Gasteiger partial charge in [-0.25, -0.2) is 4.98 Å². The Kier molecular flexibility index (Phi) is 4.89. The number of rotatable bonds is 5. The molecule has 2 aromatic heterocycles. The van der Waals surface area contributed by atoms with Crippen molar-refractivity contribution >= 4 is 23.0 Å². The molecule has 3 aromatic rings. The molecule has 2 atom stereocenters. The molecule has 1 saturated carbocycles. The van der Waals surface area contributed by atoms with Gasteiger partial charge in [-0.2, -0.15) is 0 Å². The molecule has 1 amide bonds. The molecule has 4 rings (SSSR count). The normalized spacial score (nSPS) is 22.2. The molecule has 5 nitrogen and oxygen atoms in total. The maximum Gasteiger partial charge on any atom is 0.272 e. The standard InChI is InChI=1S/C21H22ClN3O2/c22-16-6-3-5-15(11-16)17-7-4-9-21(17,13-26)12-23-20(27)19-18-8-1-2-10-25(18)14-24-19/h1-3,5-6,8,10-11,14,17,26H,4,7,9,12-13H2,(H,23,27). The summed E-state index contributed by atoms with van der Waals surface area (Å²) in [5.74, 6) is -0.0477. The van der Waals surface area contributed by atoms with E-state index in [1.54, 1.807) is 6.33 Å². The lowest BCUT2D eigenvalue weighted by atomic mass is 9.75. The van der Waals surface area contributed by atoms with E-state index in [9.17, 15) is 9.90 Å². The Bertz CT molecular complexity index is 971. The van der Waals surface area contributed by atoms with E-state index in [0.717, 1.165) is 30.3 Å². The van der Waals surface area contributed by atoms with E-state index >= 15 is 0 Å². The molecule has 0 radical (unpaired) electrons. The molecule has 6 heteroatoms. The fraction of sp³-hybridized carbons (Fsp3) is 0.333. The number of fused-ring (bicyclic) bond motifs is 1. The van der Waals surface area contributed by atoms with Crippen LogP contribution in [0.2, 0.25) is 5.02 Å². The van der Waals surface area contributed by atoms with E-state index in [4.69, 9.17) is 11.6 Å². The number of nitrogens with one attached hydrogen (secondary N) is 1. The fourth-order valence-corrected chi connectivity index (χ4v) is 4.50. The summed E-state index contributed by atoms with van der Waals surface area (Å²) in [7, 11) is 0. The number of imidazole rings is 1. The molecule has 1 fully saturated rings. The van der Waals surface area contributed by atoms with Crippen molar-refractivity contribution in [2.24, 2.45) is 5.41 Å². The SMILES string of the molecule is O=C(NCC1(CO)CCCC1c1cccc(Cl)c1)c1ncn2ccccc12. The Morgan fingerprint density at radius 2 is 2.22 bits per heavy atom. The van der Waals surface area contributed by atoms with Gasteiger partial charge in [0.15, 0.2) is 5.69 Å². The van der Waals surface area contributed by atoms with Crippen molar-refractivity contribution in [2.75, 3.05) is 13.2 Å². The third-order valence-electron chi connectivity index (χ3n) is 5.73. The highest BCUT2D eigenvalue weighted by molar-refractivity contribution is 6.30. The van der Waals surface area contributed by atoms with Crippen LogP contribution in [0.15, 0.2) is 55.0 Å². The minimum atomic E-state index is -0.379. The number of aromatic nitrogens is 2. The average Bonchev–Trinajstić information content (AvgIpc) is 3.31. The van der Waals surface area contributed by atoms with Gasteiger partial charge in [0.1, 0.15) is 6.33 Å². The molecule has 2 N–H and O–H groups in total. The predicted octanol–water partition coefficient (Wildman–Crippen LogP) is 3.66. The first-order valence-corrected chi connectivity index (χ1v) is 9.57. The van der Waals surface area contributed by atoms with Crippen molar-refractivity contribution in [3.8, 4) is 0 Å². The molecule has 1 aromatic carbocycles. The number of carbonyl (C=O) groups is 1. The van der Waals surface area contributed by atoms with Gasteiger partial charge < -0.3 is 14.8 Å². The summed E-state index contributed by atoms with van der Waals surface area (Å²) < 4.78 is 1.82. The lowest BCUT2D eigenvalue weighted by molar-refractivity contribution is 0.0842. The van der Waals surface area contributed by atoms with E-state index in [-0.39, 0.29) is 23.8 Å². The number of amides is 1. The van der Waals surface area contributed by atoms with E-state index < -0.39 is 0 Å². The van der Waals surface area contributed by atoms with E-state index in [1.165, 1.54) is 0 Å². The molecule has 0 saturated heterocycles. The summed E-state index contributed by atoms with van der Waals surface area (Å²) in [6, 6.07) is 13.5. The van der Waals surface area contributed by atoms with Crippen LogP contribution in [0.4, 0.5) is 0 Å². The molecule has 140 valence electrons. The van der Waals surface area contributed by atoms with E-state index in [0.29, 0.717) is 17.3 Å². The summed E-state index contributed by atoms with van der Waals surface area (Å²) >= 11 is 6.17. The monoisotopic (exact) mass is 383 g/mol. The minimum absolute atomic E-state index is 0.0222. The third-order valence-corrected chi connectivity index (χ3v) is 5.97. The van der Waals surface area contributed by atoms with Crippen LogP contribution in [-0.4, -0.2) is 33.6 Å². The molecule has 1 aliphatic rings. The number of hydrogen-bond acceptors (Lipinski definition) is 3. The highest BCUT2D eigenvalue weighted by atomic mass is 35.5. The molecular formula is C21H22ClN3O2. The largest absolute Gasteiger partial charge is 0.396 e. The maximum atomic E-state index is 12.7. The van der Waals surface area contributed by atoms with Crippen LogP contribution in [0.25, 0.3) is 5.52 Å². The van der Waals surface area contributed by atoms with Crippen LogP contribution in [0.3, 0.4) is 0 Å². The second-order valence-corrected chi connectivity index (χ2v) is 7.73. The number of carbonyl (C=O) groups excluding carboxylic acids is 1. The zero-order chi connectivity index (χ0) is 18.9. The second-order valence-electron chi connectivity index (χ2n) is 7.29. The number of benzene rings is 1. The Hall–Kier alpha value is -2.37. The highest BCUT2D eigenvalue weighted by Crippen LogP contribution is 2.49. The van der Waals surface area contributed by atoms with Crippen molar-refractivity contribution in [1.29, 1.82) is 0 Å². The molecule has 27 heavy (non-hydrogen) atoms. The molecule has 0 spiro atoms. The van der Waals surface area contributed by atoms with Crippen LogP contribution in [0.5, 0.6) is 0 Å². The van der Waals surface area contributed by atoms with Crippen molar-refractivity contribution in [3.63, 3.8) is 0 Å². The second kappa shape index (κ2) is 7.33. The van der Waals surface area contributed by atoms with Crippen LogP contribution in [0, 0.1) is 5.41 Å². The highest BCUT2D eigenvalue weighted by Gasteiger charge is 2.43. The minimum Gasteiger partial charge on any atom is -0.396 e. The van der Waals surface area contributed by atoms with Gasteiger partial charge in [-0.1, -0.05) is 36.2 Å². The fourth-order valence-electron chi connectivity index (χ4n) is 4.30. The maximum absolute atomic E-state index is 12.7. The van der Waals surface area contributed by atoms with Gasteiger partial charge in [-0.05, 0) is 48.6 Å². The zero-order valence-corrected chi connectivity index (χ0v) is 15.7. The number of halogens is 1. The molecule has 1 aliphatic carbocycles. The zero-order valence-electron chi connectivity index (χ0n) is 14.9. The van der Waals surface area contributed by atoms with Crippen molar-refractivity contribution in [3.05, 3.63) is 71.3 Å². The number of aliphatic hydroxyl groups is 1. The van der Waals surface area contributed by atoms with Crippen LogP contribution in [0.1, 0.15) is 41.2 Å². The summed E-state index contributed by atoms with van der Waals surface area (Å²) in [6.07, 6.45) is 6.35. The van der Waals surface area contributed by atoms with Gasteiger partial charge in [-0.15, -0.1) is 0 Å². The quantitative estimate of drug-likeness (QED) is 0.706. The Labute approximate surface area is 163 Å². The molecule has 0 bridgehead atoms. The summed E-state index contributed by atoms with van der Waals surface area (Å²) in [5, 5.41) is 13.9. The number of pyridine rings is 1. The van der Waals surface area contributed by atoms with Gasteiger partial charge >= 0.3 is 0 Å². The Morgan fingerprint density at radius 3 is 3.04 bits per heavy atom. The van der Waals surface area contributed by atoms with Crippen molar-refractivity contribution < 1.29 is 9.90 Å². The summed E-state index contributed by atoms with van der Waals surface area (Å²) in [6.45, 7) is 0.430. The number of aliphatic hydroxyl groups excluding tert-OH is 1. The van der Waals surface area contributed by atoms with Crippen LogP contribution >= 0.6 is 11.6 Å². The first-order chi connectivity index (χ1) is 13.1. The molecule has 0 aliphatic heterocycles. The van der Waals surface area contributed by atoms with E-state index in [1.807, 2.05) is 47.0 Å². The summed E-state index contributed by atoms with van der Waals surface area (Å²) in [5.41, 5.74) is 1.91. The first-order valence-electron chi connectivity index (χ1n) is 9.19. The molecular weight excluding hydrogens is 362 g/mol. The molecule has 2 unspecified atom stereocenters. The lowest BCUT2D eigenvalue weighted by Crippen LogP contribution is -2.41. The lowest BCUT2D eigenvalue weighted by Gasteiger charge is -2.34. The van der Waals surface area contributed by atoms with E-state index in [2.05, 4.69) is 16.4 Å². The van der Waals surface area contributed by atoms with Crippen molar-refractivity contribution in [1.82, 2.24) is 14.7 Å². The van der Waals surface area contributed by atoms with Gasteiger partial charge in [0, 0.05) is 23.2 Å².